The zero-order chi connectivity index (χ0) is 14.8. The second-order valence-electron chi connectivity index (χ2n) is 5.05. The lowest BCUT2D eigenvalue weighted by atomic mass is 10.1. The van der Waals surface area contributed by atoms with Crippen LogP contribution in [0.4, 0.5) is 0 Å². The number of carbonyl (C=O) groups excluding carboxylic acids is 1. The lowest BCUT2D eigenvalue weighted by molar-refractivity contribution is -0.139. The molecule has 0 bridgehead atoms. The van der Waals surface area contributed by atoms with E-state index < -0.39 is 17.9 Å². The fourth-order valence-electron chi connectivity index (χ4n) is 2.10. The highest BCUT2D eigenvalue weighted by molar-refractivity contribution is 5.94. The quantitative estimate of drug-likeness (QED) is 0.878. The molecule has 1 aliphatic rings. The molecule has 108 valence electrons. The van der Waals surface area contributed by atoms with E-state index in [1.165, 1.54) is 0 Å². The molecule has 1 heterocycles. The molecular weight excluding hydrogens is 272 g/mol. The summed E-state index contributed by atoms with van der Waals surface area (Å²) >= 11 is 0. The van der Waals surface area contributed by atoms with Crippen molar-refractivity contribution in [1.82, 2.24) is 10.5 Å². The summed E-state index contributed by atoms with van der Waals surface area (Å²) in [5.74, 6) is -1.29. The van der Waals surface area contributed by atoms with Gasteiger partial charge in [0.25, 0.3) is 5.91 Å². The molecule has 0 spiro atoms. The van der Waals surface area contributed by atoms with Gasteiger partial charge in [0.2, 0.25) is 5.76 Å². The summed E-state index contributed by atoms with van der Waals surface area (Å²) in [7, 11) is 0. The van der Waals surface area contributed by atoms with Crippen molar-refractivity contribution in [3.05, 3.63) is 53.4 Å². The molecule has 0 saturated heterocycles. The van der Waals surface area contributed by atoms with E-state index in [0.29, 0.717) is 11.5 Å². The number of benzene rings is 1. The first kappa shape index (κ1) is 13.4. The first-order chi connectivity index (χ1) is 10.1. The number of amides is 1. The monoisotopic (exact) mass is 286 g/mol. The van der Waals surface area contributed by atoms with Crippen LogP contribution in [0.1, 0.15) is 46.6 Å². The van der Waals surface area contributed by atoms with Gasteiger partial charge in [0.1, 0.15) is 0 Å². The van der Waals surface area contributed by atoms with Crippen LogP contribution < -0.4 is 5.32 Å². The van der Waals surface area contributed by atoms with Crippen molar-refractivity contribution < 1.29 is 19.2 Å². The average Bonchev–Trinajstić information content (AvgIpc) is 3.22. The molecule has 1 unspecified atom stereocenters. The molecule has 2 aromatic rings. The van der Waals surface area contributed by atoms with Crippen LogP contribution in [0.5, 0.6) is 0 Å². The van der Waals surface area contributed by atoms with Gasteiger partial charge in [-0.15, -0.1) is 0 Å². The summed E-state index contributed by atoms with van der Waals surface area (Å²) in [5.41, 5.74) is 1.26. The third-order valence-electron chi connectivity index (χ3n) is 3.40. The highest BCUT2D eigenvalue weighted by Gasteiger charge is 2.29. The molecule has 1 aromatic carbocycles. The molecule has 21 heavy (non-hydrogen) atoms. The van der Waals surface area contributed by atoms with Gasteiger partial charge in [-0.3, -0.25) is 4.79 Å². The van der Waals surface area contributed by atoms with Crippen LogP contribution in [0, 0.1) is 0 Å². The number of hydrogen-bond acceptors (Lipinski definition) is 4. The fourth-order valence-corrected chi connectivity index (χ4v) is 2.10. The van der Waals surface area contributed by atoms with Gasteiger partial charge in [0, 0.05) is 12.0 Å². The minimum absolute atomic E-state index is 0.0408. The molecule has 1 amide bonds. The van der Waals surface area contributed by atoms with Crippen LogP contribution in [0.3, 0.4) is 0 Å². The maximum Gasteiger partial charge on any atom is 0.330 e. The van der Waals surface area contributed by atoms with Gasteiger partial charge < -0.3 is 14.9 Å². The van der Waals surface area contributed by atoms with Crippen molar-refractivity contribution in [2.45, 2.75) is 24.8 Å². The highest BCUT2D eigenvalue weighted by Crippen LogP contribution is 2.39. The molecule has 0 radical (unpaired) electrons. The highest BCUT2D eigenvalue weighted by atomic mass is 16.5. The van der Waals surface area contributed by atoms with E-state index in [9.17, 15) is 14.7 Å². The Balaban J connectivity index is 1.75. The first-order valence-corrected chi connectivity index (χ1v) is 6.70. The Morgan fingerprint density at radius 2 is 2.00 bits per heavy atom. The fraction of sp³-hybridized carbons (Fsp3) is 0.267. The predicted octanol–water partition coefficient (Wildman–Crippen LogP) is 2.11. The Morgan fingerprint density at radius 3 is 2.62 bits per heavy atom. The van der Waals surface area contributed by atoms with Crippen LogP contribution in [0.2, 0.25) is 0 Å². The van der Waals surface area contributed by atoms with E-state index in [-0.39, 0.29) is 5.76 Å². The standard InChI is InChI=1S/C15H14N2O4/c18-14(12-8-11(17-21-12)9-6-7-9)16-13(15(19)20)10-4-2-1-3-5-10/h1-5,8-9,13H,6-7H2,(H,16,18)(H,19,20). The Hall–Kier alpha value is -2.63. The van der Waals surface area contributed by atoms with Crippen LogP contribution in [0.25, 0.3) is 0 Å². The minimum atomic E-state index is -1.13. The number of rotatable bonds is 5. The van der Waals surface area contributed by atoms with E-state index in [2.05, 4.69) is 10.5 Å². The lowest BCUT2D eigenvalue weighted by Crippen LogP contribution is -2.33. The zero-order valence-electron chi connectivity index (χ0n) is 11.2. The normalized spacial score (nSPS) is 15.4. The molecule has 0 aliphatic heterocycles. The first-order valence-electron chi connectivity index (χ1n) is 6.70. The van der Waals surface area contributed by atoms with Gasteiger partial charge in [-0.1, -0.05) is 35.5 Å². The van der Waals surface area contributed by atoms with Crippen LogP contribution >= 0.6 is 0 Å². The van der Waals surface area contributed by atoms with Gasteiger partial charge in [-0.25, -0.2) is 4.79 Å². The topological polar surface area (TPSA) is 92.4 Å². The molecule has 3 rings (SSSR count). The van der Waals surface area contributed by atoms with E-state index >= 15 is 0 Å². The maximum absolute atomic E-state index is 12.1. The van der Waals surface area contributed by atoms with Crippen molar-refractivity contribution in [2.24, 2.45) is 0 Å². The Morgan fingerprint density at radius 1 is 1.29 bits per heavy atom. The third kappa shape index (κ3) is 2.94. The maximum atomic E-state index is 12.1. The molecule has 2 N–H and O–H groups in total. The van der Waals surface area contributed by atoms with Crippen LogP contribution in [-0.4, -0.2) is 22.1 Å². The second-order valence-corrected chi connectivity index (χ2v) is 5.05. The summed E-state index contributed by atoms with van der Waals surface area (Å²) < 4.78 is 4.99. The molecule has 6 heteroatoms. The molecule has 6 nitrogen and oxygen atoms in total. The smallest absolute Gasteiger partial charge is 0.330 e. The molecule has 1 saturated carbocycles. The predicted molar refractivity (Wildman–Crippen MR) is 72.8 cm³/mol. The summed E-state index contributed by atoms with van der Waals surface area (Å²) in [6.07, 6.45) is 2.10. The van der Waals surface area contributed by atoms with Crippen LogP contribution in [0.15, 0.2) is 40.9 Å². The number of nitrogens with one attached hydrogen (secondary N) is 1. The number of carboxylic acids is 1. The van der Waals surface area contributed by atoms with Gasteiger partial charge in [-0.05, 0) is 18.4 Å². The van der Waals surface area contributed by atoms with Gasteiger partial charge in [0.05, 0.1) is 5.69 Å². The van der Waals surface area contributed by atoms with E-state index in [1.807, 2.05) is 0 Å². The molecule has 1 aliphatic carbocycles. The van der Waals surface area contributed by atoms with Crippen molar-refractivity contribution in [1.29, 1.82) is 0 Å². The second kappa shape index (κ2) is 5.40. The SMILES string of the molecule is O=C(NC(C(=O)O)c1ccccc1)c1cc(C2CC2)no1. The minimum Gasteiger partial charge on any atom is -0.479 e. The summed E-state index contributed by atoms with van der Waals surface area (Å²) in [4.78, 5) is 23.4. The zero-order valence-corrected chi connectivity index (χ0v) is 11.2. The Labute approximate surface area is 120 Å². The number of aromatic nitrogens is 1. The lowest BCUT2D eigenvalue weighted by Gasteiger charge is -2.13. The Kier molecular flexibility index (Phi) is 3.43. The van der Waals surface area contributed by atoms with E-state index in [0.717, 1.165) is 18.5 Å². The van der Waals surface area contributed by atoms with Gasteiger partial charge in [0.15, 0.2) is 6.04 Å². The number of carboxylic acid groups (broad SMARTS) is 1. The van der Waals surface area contributed by atoms with Gasteiger partial charge >= 0.3 is 5.97 Å². The number of nitrogens with zero attached hydrogens (tertiary/aromatic N) is 1. The average molecular weight is 286 g/mol. The molecular formula is C15H14N2O4. The number of hydrogen-bond donors (Lipinski definition) is 2. The van der Waals surface area contributed by atoms with Crippen molar-refractivity contribution in [2.75, 3.05) is 0 Å². The molecule has 1 aromatic heterocycles. The summed E-state index contributed by atoms with van der Waals surface area (Å²) in [5, 5.41) is 15.6. The van der Waals surface area contributed by atoms with Crippen molar-refractivity contribution in [3.8, 4) is 0 Å². The third-order valence-corrected chi connectivity index (χ3v) is 3.40. The van der Waals surface area contributed by atoms with E-state index in [1.54, 1.807) is 36.4 Å². The molecule has 1 fully saturated rings. The van der Waals surface area contributed by atoms with Crippen molar-refractivity contribution in [3.63, 3.8) is 0 Å². The van der Waals surface area contributed by atoms with Gasteiger partial charge in [-0.2, -0.15) is 0 Å². The van der Waals surface area contributed by atoms with Crippen LogP contribution in [-0.2, 0) is 4.79 Å². The molecule has 1 atom stereocenters. The largest absolute Gasteiger partial charge is 0.479 e. The van der Waals surface area contributed by atoms with E-state index in [4.69, 9.17) is 4.52 Å². The summed E-state index contributed by atoms with van der Waals surface area (Å²) in [6.45, 7) is 0. The van der Waals surface area contributed by atoms with Crippen molar-refractivity contribution >= 4 is 11.9 Å². The summed E-state index contributed by atoms with van der Waals surface area (Å²) in [6, 6.07) is 8.98. The Bertz CT molecular complexity index is 661. The number of aliphatic carboxylic acids is 1. The number of carbonyl (C=O) groups is 2.